The molecular weight excluding hydrogens is 454 g/mol. The second-order valence-electron chi connectivity index (χ2n) is 11.2. The number of benzene rings is 2. The Hall–Kier alpha value is -3.28. The lowest BCUT2D eigenvalue weighted by molar-refractivity contribution is -0.142. The van der Waals surface area contributed by atoms with Crippen molar-refractivity contribution in [1.82, 2.24) is 5.16 Å². The molecule has 0 spiro atoms. The first-order valence-electron chi connectivity index (χ1n) is 13.0. The average molecular weight is 490 g/mol. The van der Waals surface area contributed by atoms with Gasteiger partial charge in [-0.15, -0.1) is 0 Å². The largest absolute Gasteiger partial charge is 0.493 e. The Bertz CT molecular complexity index is 1400. The molecule has 0 saturated heterocycles. The predicted molar refractivity (Wildman–Crippen MR) is 140 cm³/mol. The highest BCUT2D eigenvalue weighted by molar-refractivity contribution is 5.85. The summed E-state index contributed by atoms with van der Waals surface area (Å²) in [5.74, 6) is 0.723. The number of hydrogen-bond acceptors (Lipinski definition) is 5. The Morgan fingerprint density at radius 1 is 1.17 bits per heavy atom. The molecule has 2 heterocycles. The second kappa shape index (κ2) is 9.64. The van der Waals surface area contributed by atoms with E-state index in [4.69, 9.17) is 13.7 Å². The van der Waals surface area contributed by atoms with Crippen LogP contribution in [0.4, 0.5) is 0 Å². The predicted octanol–water partition coefficient (Wildman–Crippen LogP) is 6.93. The van der Waals surface area contributed by atoms with Gasteiger partial charge in [-0.2, -0.15) is 0 Å². The van der Waals surface area contributed by atoms with Gasteiger partial charge in [0.2, 0.25) is 0 Å². The molecule has 0 bridgehead atoms. The number of rotatable bonds is 8. The van der Waals surface area contributed by atoms with Gasteiger partial charge in [0.05, 0.1) is 18.2 Å². The van der Waals surface area contributed by atoms with E-state index >= 15 is 0 Å². The van der Waals surface area contributed by atoms with E-state index < -0.39 is 5.97 Å². The summed E-state index contributed by atoms with van der Waals surface area (Å²) in [6.07, 6.45) is 5.40. The first-order valence-corrected chi connectivity index (χ1v) is 13.0. The molecule has 4 aromatic rings. The van der Waals surface area contributed by atoms with Crippen molar-refractivity contribution in [3.8, 4) is 5.75 Å². The number of nitrogens with zero attached hydrogens (tertiary/aromatic N) is 1. The molecule has 0 aliphatic heterocycles. The molecule has 0 radical (unpaired) electrons. The van der Waals surface area contributed by atoms with E-state index in [-0.39, 0.29) is 11.3 Å². The summed E-state index contributed by atoms with van der Waals surface area (Å²) in [6.45, 7) is 9.27. The number of ether oxygens (including phenoxy) is 1. The number of fused-ring (bicyclic) bond motifs is 4. The average Bonchev–Trinajstić information content (AvgIpc) is 3.43. The van der Waals surface area contributed by atoms with E-state index in [0.717, 1.165) is 76.0 Å². The molecule has 0 fully saturated rings. The van der Waals surface area contributed by atoms with Crippen molar-refractivity contribution in [3.63, 3.8) is 0 Å². The normalized spacial score (nSPS) is 15.9. The maximum Gasteiger partial charge on any atom is 0.306 e. The van der Waals surface area contributed by atoms with E-state index in [1.807, 2.05) is 18.2 Å². The third kappa shape index (κ3) is 4.86. The van der Waals surface area contributed by atoms with Crippen LogP contribution in [0.3, 0.4) is 0 Å². The highest BCUT2D eigenvalue weighted by Gasteiger charge is 2.26. The number of aliphatic carboxylic acids is 1. The second-order valence-corrected chi connectivity index (χ2v) is 11.2. The lowest BCUT2D eigenvalue weighted by atomic mass is 9.82. The zero-order valence-corrected chi connectivity index (χ0v) is 21.6. The van der Waals surface area contributed by atoms with Crippen molar-refractivity contribution < 1.29 is 23.6 Å². The molecule has 1 atom stereocenters. The fraction of sp³-hybridized carbons (Fsp3) is 0.467. The Morgan fingerprint density at radius 3 is 2.75 bits per heavy atom. The third-order valence-electron chi connectivity index (χ3n) is 7.10. The summed E-state index contributed by atoms with van der Waals surface area (Å²) in [7, 11) is 0. The Balaban J connectivity index is 1.32. The highest BCUT2D eigenvalue weighted by Crippen LogP contribution is 2.35. The molecule has 2 aromatic heterocycles. The molecule has 0 amide bonds. The van der Waals surface area contributed by atoms with Crippen LogP contribution in [0.5, 0.6) is 5.75 Å². The Morgan fingerprint density at radius 2 is 2.00 bits per heavy atom. The van der Waals surface area contributed by atoms with Gasteiger partial charge in [0.25, 0.3) is 0 Å². The minimum absolute atomic E-state index is 0.133. The van der Waals surface area contributed by atoms with E-state index in [2.05, 4.69) is 45.0 Å². The molecule has 6 heteroatoms. The summed E-state index contributed by atoms with van der Waals surface area (Å²) in [6, 6.07) is 10.2. The van der Waals surface area contributed by atoms with Gasteiger partial charge in [0.15, 0.2) is 5.58 Å². The highest BCUT2D eigenvalue weighted by atomic mass is 16.5. The summed E-state index contributed by atoms with van der Waals surface area (Å²) >= 11 is 0. The first-order chi connectivity index (χ1) is 17.2. The summed E-state index contributed by atoms with van der Waals surface area (Å²) in [4.78, 5) is 11.4. The topological polar surface area (TPSA) is 85.7 Å². The van der Waals surface area contributed by atoms with Crippen LogP contribution in [0.25, 0.3) is 21.9 Å². The molecule has 1 unspecified atom stereocenters. The lowest BCUT2D eigenvalue weighted by Crippen LogP contribution is -2.22. The van der Waals surface area contributed by atoms with E-state index in [1.54, 1.807) is 0 Å². The minimum atomic E-state index is -0.706. The van der Waals surface area contributed by atoms with Crippen molar-refractivity contribution in [2.24, 2.45) is 11.3 Å². The summed E-state index contributed by atoms with van der Waals surface area (Å²) in [5.41, 5.74) is 6.26. The van der Waals surface area contributed by atoms with Crippen LogP contribution in [0.15, 0.2) is 39.3 Å². The number of furan rings is 1. The lowest BCUT2D eigenvalue weighted by Gasteiger charge is -2.21. The molecule has 0 saturated carbocycles. The quantitative estimate of drug-likeness (QED) is 0.289. The Kier molecular flexibility index (Phi) is 6.54. The van der Waals surface area contributed by atoms with Gasteiger partial charge in [0, 0.05) is 22.8 Å². The maximum atomic E-state index is 11.4. The van der Waals surface area contributed by atoms with Gasteiger partial charge in [-0.05, 0) is 72.9 Å². The molecule has 1 aliphatic carbocycles. The van der Waals surface area contributed by atoms with Gasteiger partial charge in [-0.3, -0.25) is 4.79 Å². The molecule has 190 valence electrons. The van der Waals surface area contributed by atoms with E-state index in [9.17, 15) is 9.90 Å². The minimum Gasteiger partial charge on any atom is -0.493 e. The molecular formula is C30H35NO5. The maximum absolute atomic E-state index is 11.4. The van der Waals surface area contributed by atoms with Gasteiger partial charge >= 0.3 is 5.97 Å². The molecule has 1 N–H and O–H groups in total. The van der Waals surface area contributed by atoms with Crippen molar-refractivity contribution in [2.45, 2.75) is 72.6 Å². The van der Waals surface area contributed by atoms with Crippen LogP contribution in [0, 0.1) is 11.3 Å². The number of carboxylic acids is 1. The van der Waals surface area contributed by atoms with Crippen molar-refractivity contribution in [2.75, 3.05) is 6.61 Å². The number of carboxylic acid groups (broad SMARTS) is 1. The third-order valence-corrected chi connectivity index (χ3v) is 7.10. The Labute approximate surface area is 211 Å². The van der Waals surface area contributed by atoms with Crippen molar-refractivity contribution in [1.29, 1.82) is 0 Å². The van der Waals surface area contributed by atoms with Crippen LogP contribution in [0.1, 0.15) is 68.7 Å². The number of aromatic nitrogens is 1. The molecule has 6 nitrogen and oxygen atoms in total. The van der Waals surface area contributed by atoms with Crippen LogP contribution < -0.4 is 4.74 Å². The number of aryl methyl sites for hydroxylation is 2. The van der Waals surface area contributed by atoms with Crippen LogP contribution >= 0.6 is 0 Å². The van der Waals surface area contributed by atoms with Crippen LogP contribution in [-0.4, -0.2) is 22.8 Å². The molecule has 2 aromatic carbocycles. The zero-order chi connectivity index (χ0) is 25.4. The number of hydrogen-bond donors (Lipinski definition) is 1. The van der Waals surface area contributed by atoms with Crippen LogP contribution in [0.2, 0.25) is 0 Å². The van der Waals surface area contributed by atoms with Gasteiger partial charge in [-0.1, -0.05) is 45.3 Å². The SMILES string of the molecule is CCCc1c(OCCc2cc3c4c(ccc3o2)CC(C(=O)O)CC4)ccc2c(CC(C)(C)C)noc12. The van der Waals surface area contributed by atoms with E-state index in [0.29, 0.717) is 25.9 Å². The van der Waals surface area contributed by atoms with E-state index in [1.165, 1.54) is 5.56 Å². The summed E-state index contributed by atoms with van der Waals surface area (Å²) < 4.78 is 18.2. The molecule has 1 aliphatic rings. The molecule has 5 rings (SSSR count). The standard InChI is InChI=1S/C30H35NO5/c1-5-6-23-26(12-10-22-25(17-30(2,3)4)31-36-28(22)23)34-14-13-20-16-24-21-9-7-19(29(32)33)15-18(21)8-11-27(24)35-20/h8,10-12,16,19H,5-7,9,13-15,17H2,1-4H3,(H,32,33). The first kappa shape index (κ1) is 24.4. The van der Waals surface area contributed by atoms with Crippen molar-refractivity contribution in [3.05, 3.63) is 58.5 Å². The van der Waals surface area contributed by atoms with Gasteiger partial charge < -0.3 is 18.8 Å². The monoisotopic (exact) mass is 489 g/mol. The van der Waals surface area contributed by atoms with Gasteiger partial charge in [0.1, 0.15) is 17.1 Å². The smallest absolute Gasteiger partial charge is 0.306 e. The number of carbonyl (C=O) groups is 1. The van der Waals surface area contributed by atoms with Crippen LogP contribution in [-0.2, 0) is 36.9 Å². The fourth-order valence-corrected chi connectivity index (χ4v) is 5.38. The van der Waals surface area contributed by atoms with Gasteiger partial charge in [-0.25, -0.2) is 0 Å². The molecule has 36 heavy (non-hydrogen) atoms. The van der Waals surface area contributed by atoms with Crippen molar-refractivity contribution >= 4 is 27.9 Å². The summed E-state index contributed by atoms with van der Waals surface area (Å²) in [5, 5.41) is 16.0. The fourth-order valence-electron chi connectivity index (χ4n) is 5.38. The zero-order valence-electron chi connectivity index (χ0n) is 21.6.